The second kappa shape index (κ2) is 12.8. The Balaban J connectivity index is 2.26. The number of carbonyl (C=O) groups excluding carboxylic acids is 3. The van der Waals surface area contributed by atoms with Crippen LogP contribution in [0.1, 0.15) is 63.3 Å². The average molecular weight is 468 g/mol. The largest absolute Gasteiger partial charge is 0.444 e. The number of rotatable bonds is 10. The average Bonchev–Trinajstić information content (AvgIpc) is 2.78. The van der Waals surface area contributed by atoms with Gasteiger partial charge in [0.2, 0.25) is 11.8 Å². The zero-order valence-corrected chi connectivity index (χ0v) is 20.9. The Kier molecular flexibility index (Phi) is 10.1. The molecule has 0 fully saturated rings. The maximum absolute atomic E-state index is 13.4. The molecule has 184 valence electrons. The number of hydrogen-bond acceptors (Lipinski definition) is 4. The van der Waals surface area contributed by atoms with E-state index in [1.165, 1.54) is 0 Å². The van der Waals surface area contributed by atoms with Crippen molar-refractivity contribution >= 4 is 17.9 Å². The van der Waals surface area contributed by atoms with Gasteiger partial charge >= 0.3 is 6.09 Å². The highest BCUT2D eigenvalue weighted by Crippen LogP contribution is 2.23. The molecule has 3 amide bonds. The number of amides is 3. The first kappa shape index (κ1) is 26.9. The molecule has 1 atom stereocenters. The third kappa shape index (κ3) is 8.89. The second-order valence-corrected chi connectivity index (χ2v) is 9.32. The summed E-state index contributed by atoms with van der Waals surface area (Å²) in [4.78, 5) is 40.4. The molecule has 0 aliphatic heterocycles. The lowest BCUT2D eigenvalue weighted by molar-refractivity contribution is -0.140. The SMILES string of the molecule is CCCCN(C(=O)CNC(=O)OC(C)(C)C)C(C(=O)NCc1ccccc1)c1cccc(C)c1. The van der Waals surface area contributed by atoms with Gasteiger partial charge in [-0.2, -0.15) is 0 Å². The topological polar surface area (TPSA) is 87.7 Å². The number of nitrogens with zero attached hydrogens (tertiary/aromatic N) is 1. The lowest BCUT2D eigenvalue weighted by atomic mass is 10.0. The van der Waals surface area contributed by atoms with E-state index in [9.17, 15) is 14.4 Å². The summed E-state index contributed by atoms with van der Waals surface area (Å²) in [6.45, 7) is 9.74. The van der Waals surface area contributed by atoms with Crippen molar-refractivity contribution in [2.24, 2.45) is 0 Å². The fourth-order valence-corrected chi connectivity index (χ4v) is 3.48. The van der Waals surface area contributed by atoms with E-state index in [0.717, 1.165) is 29.5 Å². The molecule has 2 aromatic carbocycles. The molecule has 0 aromatic heterocycles. The van der Waals surface area contributed by atoms with Crippen molar-refractivity contribution in [3.8, 4) is 0 Å². The lowest BCUT2D eigenvalue weighted by Gasteiger charge is -2.32. The third-order valence-corrected chi connectivity index (χ3v) is 5.08. The van der Waals surface area contributed by atoms with E-state index in [4.69, 9.17) is 4.74 Å². The summed E-state index contributed by atoms with van der Waals surface area (Å²) < 4.78 is 5.24. The highest BCUT2D eigenvalue weighted by Gasteiger charge is 2.31. The van der Waals surface area contributed by atoms with Gasteiger partial charge in [-0.1, -0.05) is 73.5 Å². The third-order valence-electron chi connectivity index (χ3n) is 5.08. The van der Waals surface area contributed by atoms with E-state index in [0.29, 0.717) is 13.1 Å². The van der Waals surface area contributed by atoms with Crippen molar-refractivity contribution in [2.45, 2.75) is 65.6 Å². The van der Waals surface area contributed by atoms with Crippen LogP contribution in [0.25, 0.3) is 0 Å². The van der Waals surface area contributed by atoms with Crippen molar-refractivity contribution in [3.05, 3.63) is 71.3 Å². The minimum absolute atomic E-state index is 0.257. The van der Waals surface area contributed by atoms with Crippen molar-refractivity contribution in [3.63, 3.8) is 0 Å². The van der Waals surface area contributed by atoms with Crippen LogP contribution in [-0.4, -0.2) is 41.5 Å². The van der Waals surface area contributed by atoms with Crippen LogP contribution >= 0.6 is 0 Å². The summed E-state index contributed by atoms with van der Waals surface area (Å²) in [6, 6.07) is 16.4. The maximum atomic E-state index is 13.4. The van der Waals surface area contributed by atoms with Crippen LogP contribution in [0.3, 0.4) is 0 Å². The Bertz CT molecular complexity index is 954. The molecule has 0 bridgehead atoms. The smallest absolute Gasteiger partial charge is 0.408 e. The molecular weight excluding hydrogens is 430 g/mol. The number of aryl methyl sites for hydroxylation is 1. The first-order valence-corrected chi connectivity index (χ1v) is 11.7. The molecule has 0 aliphatic rings. The first-order valence-electron chi connectivity index (χ1n) is 11.7. The van der Waals surface area contributed by atoms with Crippen molar-refractivity contribution in [2.75, 3.05) is 13.1 Å². The number of hydrogen-bond donors (Lipinski definition) is 2. The van der Waals surface area contributed by atoms with E-state index in [1.54, 1.807) is 25.7 Å². The molecule has 2 rings (SSSR count). The Hall–Kier alpha value is -3.35. The normalized spacial score (nSPS) is 11.9. The Labute approximate surface area is 202 Å². The molecule has 1 unspecified atom stereocenters. The number of carbonyl (C=O) groups is 3. The molecule has 2 aromatic rings. The van der Waals surface area contributed by atoms with Gasteiger partial charge in [-0.3, -0.25) is 9.59 Å². The molecule has 2 N–H and O–H groups in total. The summed E-state index contributed by atoms with van der Waals surface area (Å²) in [6.07, 6.45) is 0.916. The van der Waals surface area contributed by atoms with E-state index >= 15 is 0 Å². The van der Waals surface area contributed by atoms with E-state index in [1.807, 2.05) is 68.4 Å². The van der Waals surface area contributed by atoms with Gasteiger partial charge in [0, 0.05) is 13.1 Å². The molecule has 0 saturated heterocycles. The summed E-state index contributed by atoms with van der Waals surface area (Å²) in [5, 5.41) is 5.51. The molecule has 0 heterocycles. The van der Waals surface area contributed by atoms with Gasteiger partial charge in [-0.15, -0.1) is 0 Å². The molecular formula is C27H37N3O4. The summed E-state index contributed by atoms with van der Waals surface area (Å²) in [5.41, 5.74) is 2.02. The number of unbranched alkanes of at least 4 members (excludes halogenated alkanes) is 1. The molecule has 0 radical (unpaired) electrons. The van der Waals surface area contributed by atoms with Crippen LogP contribution in [0, 0.1) is 6.92 Å². The molecule has 34 heavy (non-hydrogen) atoms. The quantitative estimate of drug-likeness (QED) is 0.538. The Morgan fingerprint density at radius 1 is 1.00 bits per heavy atom. The van der Waals surface area contributed by atoms with Crippen LogP contribution in [0.4, 0.5) is 4.79 Å². The van der Waals surface area contributed by atoms with Crippen LogP contribution < -0.4 is 10.6 Å². The van der Waals surface area contributed by atoms with Gasteiger partial charge in [0.25, 0.3) is 0 Å². The van der Waals surface area contributed by atoms with Gasteiger partial charge in [-0.25, -0.2) is 4.79 Å². The van der Waals surface area contributed by atoms with Crippen molar-refractivity contribution < 1.29 is 19.1 Å². The minimum Gasteiger partial charge on any atom is -0.444 e. The number of alkyl carbamates (subject to hydrolysis) is 1. The van der Waals surface area contributed by atoms with Crippen LogP contribution in [0.2, 0.25) is 0 Å². The van der Waals surface area contributed by atoms with Gasteiger partial charge in [0.05, 0.1) is 0 Å². The highest BCUT2D eigenvalue weighted by atomic mass is 16.6. The number of nitrogens with one attached hydrogen (secondary N) is 2. The predicted molar refractivity (Wildman–Crippen MR) is 133 cm³/mol. The number of ether oxygens (including phenoxy) is 1. The van der Waals surface area contributed by atoms with Gasteiger partial charge < -0.3 is 20.3 Å². The first-order chi connectivity index (χ1) is 16.1. The molecule has 7 heteroatoms. The van der Waals surface area contributed by atoms with Crippen LogP contribution in [0.15, 0.2) is 54.6 Å². The molecule has 0 spiro atoms. The molecule has 0 aliphatic carbocycles. The van der Waals surface area contributed by atoms with Crippen LogP contribution in [0.5, 0.6) is 0 Å². The maximum Gasteiger partial charge on any atom is 0.408 e. The summed E-state index contributed by atoms with van der Waals surface area (Å²) >= 11 is 0. The zero-order valence-electron chi connectivity index (χ0n) is 20.9. The Morgan fingerprint density at radius 3 is 2.32 bits per heavy atom. The van der Waals surface area contributed by atoms with Crippen LogP contribution in [-0.2, 0) is 20.9 Å². The van der Waals surface area contributed by atoms with Gasteiger partial charge in [-0.05, 0) is 45.2 Å². The number of benzene rings is 2. The predicted octanol–water partition coefficient (Wildman–Crippen LogP) is 4.51. The lowest BCUT2D eigenvalue weighted by Crippen LogP contribution is -2.48. The van der Waals surface area contributed by atoms with Gasteiger partial charge in [0.15, 0.2) is 0 Å². The van der Waals surface area contributed by atoms with E-state index in [-0.39, 0.29) is 18.4 Å². The van der Waals surface area contributed by atoms with Crippen molar-refractivity contribution in [1.82, 2.24) is 15.5 Å². The molecule has 0 saturated carbocycles. The summed E-state index contributed by atoms with van der Waals surface area (Å²) in [7, 11) is 0. The van der Waals surface area contributed by atoms with E-state index in [2.05, 4.69) is 10.6 Å². The van der Waals surface area contributed by atoms with Crippen molar-refractivity contribution in [1.29, 1.82) is 0 Å². The zero-order chi connectivity index (χ0) is 25.1. The fraction of sp³-hybridized carbons (Fsp3) is 0.444. The molecule has 7 nitrogen and oxygen atoms in total. The van der Waals surface area contributed by atoms with E-state index < -0.39 is 17.7 Å². The summed E-state index contributed by atoms with van der Waals surface area (Å²) in [5.74, 6) is -0.614. The fourth-order valence-electron chi connectivity index (χ4n) is 3.48. The highest BCUT2D eigenvalue weighted by molar-refractivity contribution is 5.90. The van der Waals surface area contributed by atoms with Gasteiger partial charge in [0.1, 0.15) is 18.2 Å². The minimum atomic E-state index is -0.817. The monoisotopic (exact) mass is 467 g/mol. The Morgan fingerprint density at radius 2 is 1.71 bits per heavy atom. The second-order valence-electron chi connectivity index (χ2n) is 9.32. The standard InChI is InChI=1S/C27H37N3O4/c1-6-7-16-30(23(31)19-29-26(33)34-27(3,4)5)24(22-15-11-12-20(2)17-22)25(32)28-18-21-13-9-8-10-14-21/h8-15,17,24H,6-7,16,18-19H2,1-5H3,(H,28,32)(H,29,33).